The molecule has 0 spiro atoms. The first-order valence-electron chi connectivity index (χ1n) is 11.2. The summed E-state index contributed by atoms with van der Waals surface area (Å²) < 4.78 is 49.4. The molecular weight excluding hydrogens is 509 g/mol. The van der Waals surface area contributed by atoms with Crippen molar-refractivity contribution in [2.75, 3.05) is 12.8 Å². The van der Waals surface area contributed by atoms with Gasteiger partial charge in [-0.25, -0.2) is 18.0 Å². The maximum Gasteiger partial charge on any atom is 0.329 e. The summed E-state index contributed by atoms with van der Waals surface area (Å²) in [5.41, 5.74) is 12.3. The second kappa shape index (κ2) is 12.8. The molecule has 3 rings (SSSR count). The van der Waals surface area contributed by atoms with Gasteiger partial charge in [-0.15, -0.1) is 0 Å². The molecule has 37 heavy (non-hydrogen) atoms. The lowest BCUT2D eigenvalue weighted by atomic mass is 9.95. The Labute approximate surface area is 215 Å². The third kappa shape index (κ3) is 7.37. The van der Waals surface area contributed by atoms with Gasteiger partial charge in [-0.05, 0) is 90.1 Å². The molecule has 0 bridgehead atoms. The fraction of sp³-hybridized carbons (Fsp3) is 0.308. The van der Waals surface area contributed by atoms with Crippen LogP contribution in [0.5, 0.6) is 0 Å². The Morgan fingerprint density at radius 1 is 1.11 bits per heavy atom. The van der Waals surface area contributed by atoms with Crippen molar-refractivity contribution in [3.8, 4) is 0 Å². The summed E-state index contributed by atoms with van der Waals surface area (Å²) in [6.45, 7) is 2.01. The fourth-order valence-corrected chi connectivity index (χ4v) is 4.28. The number of halogens is 3. The minimum Gasteiger partial charge on any atom is -0.481 e. The van der Waals surface area contributed by atoms with Crippen molar-refractivity contribution in [1.82, 2.24) is 0 Å². The van der Waals surface area contributed by atoms with Crippen LogP contribution in [-0.4, -0.2) is 51.1 Å². The fourth-order valence-electron chi connectivity index (χ4n) is 3.76. The zero-order valence-electron chi connectivity index (χ0n) is 20.3. The lowest BCUT2D eigenvalue weighted by molar-refractivity contribution is -0.150. The summed E-state index contributed by atoms with van der Waals surface area (Å²) in [5, 5.41) is 17.6. The zero-order chi connectivity index (χ0) is 27.9. The van der Waals surface area contributed by atoms with E-state index in [1.165, 1.54) is 12.1 Å². The van der Waals surface area contributed by atoms with E-state index < -0.39 is 34.7 Å². The molecule has 0 fully saturated rings. The first-order valence-corrected chi connectivity index (χ1v) is 12.8. The number of nitrogens with two attached hydrogens (primary N) is 2. The summed E-state index contributed by atoms with van der Waals surface area (Å²) >= 11 is 0. The van der Waals surface area contributed by atoms with E-state index in [4.69, 9.17) is 21.7 Å². The Morgan fingerprint density at radius 2 is 1.73 bits per heavy atom. The second-order valence-corrected chi connectivity index (χ2v) is 9.86. The van der Waals surface area contributed by atoms with Crippen LogP contribution in [0, 0.1) is 5.82 Å². The van der Waals surface area contributed by atoms with Gasteiger partial charge in [-0.2, -0.15) is 0 Å². The van der Waals surface area contributed by atoms with Crippen LogP contribution >= 0.6 is 0 Å². The Bertz CT molecular complexity index is 1250. The predicted molar refractivity (Wildman–Crippen MR) is 137 cm³/mol. The highest BCUT2D eigenvalue weighted by molar-refractivity contribution is 7.84. The van der Waals surface area contributed by atoms with Crippen LogP contribution in [0.25, 0.3) is 17.2 Å². The number of hydrogen-bond acceptors (Lipinski definition) is 5. The molecule has 2 aromatic rings. The molecule has 0 radical (unpaired) electrons. The minimum atomic E-state index is -3.07. The molecule has 1 aliphatic carbocycles. The Hall–Kier alpha value is -3.28. The molecule has 2 unspecified atom stereocenters. The molecular formula is C26H29F3N2O5S. The molecule has 0 aliphatic heterocycles. The Morgan fingerprint density at radius 3 is 2.22 bits per heavy atom. The van der Waals surface area contributed by atoms with Crippen LogP contribution in [0.1, 0.15) is 42.9 Å². The van der Waals surface area contributed by atoms with Gasteiger partial charge in [0.2, 0.25) is 0 Å². The predicted octanol–water partition coefficient (Wildman–Crippen LogP) is 4.14. The largest absolute Gasteiger partial charge is 0.481 e. The molecule has 200 valence electrons. The van der Waals surface area contributed by atoms with Crippen molar-refractivity contribution < 1.29 is 37.2 Å². The highest BCUT2D eigenvalue weighted by atomic mass is 32.2. The number of carbonyl (C=O) groups is 2. The number of aliphatic carboxylic acids is 2. The summed E-state index contributed by atoms with van der Waals surface area (Å²) in [5.74, 6) is -3.02. The monoisotopic (exact) mass is 538 g/mol. The number of carboxylic acid groups (broad SMARTS) is 2. The van der Waals surface area contributed by atoms with Gasteiger partial charge in [-0.3, -0.25) is 9.00 Å². The van der Waals surface area contributed by atoms with E-state index in [9.17, 15) is 27.0 Å². The van der Waals surface area contributed by atoms with Crippen LogP contribution in [0.3, 0.4) is 0 Å². The number of fused-ring (bicyclic) bond motifs is 1. The molecule has 11 heteroatoms. The van der Waals surface area contributed by atoms with Gasteiger partial charge in [-0.1, -0.05) is 18.2 Å². The SMILES string of the molecule is CC1=C(CC(=O)O)c2cc(F)ccc2/C1=C\c1ccc(S(C)=O)cc1.NCCCC(N)(C(=O)O)C(F)F. The smallest absolute Gasteiger partial charge is 0.329 e. The zero-order valence-corrected chi connectivity index (χ0v) is 21.2. The molecule has 6 N–H and O–H groups in total. The third-order valence-corrected chi connectivity index (χ3v) is 6.82. The molecule has 0 heterocycles. The molecule has 2 aromatic carbocycles. The van der Waals surface area contributed by atoms with Crippen LogP contribution in [-0.2, 0) is 20.4 Å². The molecule has 0 saturated heterocycles. The maximum atomic E-state index is 13.7. The highest BCUT2D eigenvalue weighted by Crippen LogP contribution is 2.43. The number of carboxylic acids is 2. The van der Waals surface area contributed by atoms with Gasteiger partial charge < -0.3 is 21.7 Å². The van der Waals surface area contributed by atoms with E-state index in [1.54, 1.807) is 24.5 Å². The molecule has 0 saturated carbocycles. The van der Waals surface area contributed by atoms with Crippen LogP contribution in [0.2, 0.25) is 0 Å². The Kier molecular flexibility index (Phi) is 10.4. The number of hydrogen-bond donors (Lipinski definition) is 4. The molecule has 0 amide bonds. The number of alkyl halides is 2. The molecule has 0 aromatic heterocycles. The summed E-state index contributed by atoms with van der Waals surface area (Å²) in [6.07, 6.45) is 0.224. The van der Waals surface area contributed by atoms with E-state index in [0.29, 0.717) is 11.1 Å². The van der Waals surface area contributed by atoms with E-state index in [-0.39, 0.29) is 31.6 Å². The normalized spacial score (nSPS) is 16.2. The average Bonchev–Trinajstić information content (AvgIpc) is 3.07. The van der Waals surface area contributed by atoms with Crippen molar-refractivity contribution in [2.45, 2.75) is 43.0 Å². The van der Waals surface area contributed by atoms with Crippen molar-refractivity contribution in [2.24, 2.45) is 11.5 Å². The Balaban J connectivity index is 0.000000341. The highest BCUT2D eigenvalue weighted by Gasteiger charge is 2.43. The topological polar surface area (TPSA) is 144 Å². The molecule has 2 atom stereocenters. The lowest BCUT2D eigenvalue weighted by Crippen LogP contribution is -2.54. The van der Waals surface area contributed by atoms with E-state index >= 15 is 0 Å². The van der Waals surface area contributed by atoms with E-state index in [0.717, 1.165) is 27.2 Å². The maximum absolute atomic E-state index is 13.7. The van der Waals surface area contributed by atoms with Gasteiger partial charge >= 0.3 is 11.9 Å². The van der Waals surface area contributed by atoms with Crippen molar-refractivity contribution in [3.63, 3.8) is 0 Å². The van der Waals surface area contributed by atoms with Gasteiger partial charge in [0, 0.05) is 22.0 Å². The van der Waals surface area contributed by atoms with Crippen molar-refractivity contribution in [1.29, 1.82) is 0 Å². The van der Waals surface area contributed by atoms with Gasteiger partial charge in [0.15, 0.2) is 5.54 Å². The summed E-state index contributed by atoms with van der Waals surface area (Å²) in [4.78, 5) is 22.3. The standard InChI is InChI=1S/C20H17FO3S.C6H12F2N2O2/c1-12-17(9-13-3-6-15(7-4-13)25(2)24)16-8-5-14(21)10-19(16)18(12)11-20(22)23;7-4(8)6(10,5(11)12)2-1-3-9/h3-10H,11H2,1-2H3,(H,22,23);4H,1-3,9-10H2,(H,11,12)/b17-9-;. The first kappa shape index (κ1) is 29.9. The van der Waals surface area contributed by atoms with Crippen molar-refractivity contribution in [3.05, 3.63) is 70.5 Å². The number of rotatable bonds is 9. The van der Waals surface area contributed by atoms with Gasteiger partial charge in [0.1, 0.15) is 5.82 Å². The van der Waals surface area contributed by atoms with Crippen molar-refractivity contribution >= 4 is 40.0 Å². The van der Waals surface area contributed by atoms with Gasteiger partial charge in [0.05, 0.1) is 6.42 Å². The number of allylic oxidation sites excluding steroid dienone is 2. The van der Waals surface area contributed by atoms with E-state index in [2.05, 4.69) is 0 Å². The lowest BCUT2D eigenvalue weighted by Gasteiger charge is -2.22. The quantitative estimate of drug-likeness (QED) is 0.376. The third-order valence-electron chi connectivity index (χ3n) is 5.89. The molecule has 1 aliphatic rings. The van der Waals surface area contributed by atoms with Crippen LogP contribution in [0.4, 0.5) is 13.2 Å². The molecule has 7 nitrogen and oxygen atoms in total. The summed E-state index contributed by atoms with van der Waals surface area (Å²) in [7, 11) is -1.04. The second-order valence-electron chi connectivity index (χ2n) is 8.48. The number of benzene rings is 2. The summed E-state index contributed by atoms with van der Waals surface area (Å²) in [6, 6.07) is 11.8. The van der Waals surface area contributed by atoms with Gasteiger partial charge in [0.25, 0.3) is 6.43 Å². The minimum absolute atomic E-state index is 0.145. The average molecular weight is 539 g/mol. The van der Waals surface area contributed by atoms with Crippen LogP contribution < -0.4 is 11.5 Å². The van der Waals surface area contributed by atoms with E-state index in [1.807, 2.05) is 25.1 Å². The van der Waals surface area contributed by atoms with Crippen LogP contribution in [0.15, 0.2) is 52.9 Å². The first-order chi connectivity index (χ1) is 17.3.